The van der Waals surface area contributed by atoms with Gasteiger partial charge in [-0.2, -0.15) is 0 Å². The Bertz CT molecular complexity index is 235. The van der Waals surface area contributed by atoms with Crippen LogP contribution in [0, 0.1) is 11.3 Å². The molecule has 1 fully saturated rings. The van der Waals surface area contributed by atoms with E-state index >= 15 is 0 Å². The fourth-order valence-corrected chi connectivity index (χ4v) is 2.29. The number of halogens is 2. The van der Waals surface area contributed by atoms with Crippen LogP contribution in [0.15, 0.2) is 0 Å². The zero-order chi connectivity index (χ0) is 13.6. The Morgan fingerprint density at radius 2 is 1.83 bits per heavy atom. The van der Waals surface area contributed by atoms with Crippen molar-refractivity contribution in [2.45, 2.75) is 71.6 Å². The number of alkyl halides is 2. The first-order valence-electron chi connectivity index (χ1n) is 7.37. The number of hydrogen-bond donors (Lipinski definition) is 0. The van der Waals surface area contributed by atoms with Crippen molar-refractivity contribution in [3.05, 3.63) is 0 Å². The summed E-state index contributed by atoms with van der Waals surface area (Å²) in [7, 11) is 0. The predicted molar refractivity (Wildman–Crippen MR) is 71.0 cm³/mol. The molecule has 0 amide bonds. The van der Waals surface area contributed by atoms with Crippen LogP contribution in [-0.2, 0) is 4.74 Å². The van der Waals surface area contributed by atoms with Crippen LogP contribution in [0.4, 0.5) is 8.78 Å². The summed E-state index contributed by atoms with van der Waals surface area (Å²) in [4.78, 5) is 0. The summed E-state index contributed by atoms with van der Waals surface area (Å²) in [5, 5.41) is 0. The van der Waals surface area contributed by atoms with Gasteiger partial charge >= 0.3 is 0 Å². The number of ether oxygens (including phenoxy) is 1. The second-order valence-electron chi connectivity index (χ2n) is 6.11. The van der Waals surface area contributed by atoms with E-state index in [1.807, 2.05) is 6.92 Å². The highest BCUT2D eigenvalue weighted by atomic mass is 19.3. The zero-order valence-corrected chi connectivity index (χ0v) is 12.1. The van der Waals surface area contributed by atoms with Crippen molar-refractivity contribution in [3.8, 4) is 0 Å². The molecule has 1 aliphatic carbocycles. The lowest BCUT2D eigenvalue weighted by molar-refractivity contribution is -0.0541. The lowest BCUT2D eigenvalue weighted by Crippen LogP contribution is -2.23. The van der Waals surface area contributed by atoms with Crippen LogP contribution in [0.5, 0.6) is 0 Å². The second-order valence-corrected chi connectivity index (χ2v) is 6.11. The third kappa shape index (κ3) is 5.21. The first-order valence-corrected chi connectivity index (χ1v) is 7.37. The van der Waals surface area contributed by atoms with Crippen molar-refractivity contribution in [3.63, 3.8) is 0 Å². The molecule has 0 unspecified atom stereocenters. The van der Waals surface area contributed by atoms with Gasteiger partial charge in [-0.3, -0.25) is 0 Å². The topological polar surface area (TPSA) is 9.23 Å². The molecular weight excluding hydrogens is 234 g/mol. The maximum Gasteiger partial charge on any atom is 0.250 e. The molecule has 3 heteroatoms. The molecule has 0 bridgehead atoms. The van der Waals surface area contributed by atoms with E-state index < -0.39 is 11.8 Å². The molecule has 0 spiro atoms. The maximum absolute atomic E-state index is 13.4. The van der Waals surface area contributed by atoms with Gasteiger partial charge in [-0.05, 0) is 38.0 Å². The molecule has 0 aromatic carbocycles. The molecule has 0 aromatic rings. The zero-order valence-electron chi connectivity index (χ0n) is 12.1. The van der Waals surface area contributed by atoms with Gasteiger partial charge in [0.25, 0.3) is 0 Å². The molecule has 1 aliphatic rings. The summed E-state index contributed by atoms with van der Waals surface area (Å²) in [6.45, 7) is 6.86. The molecule has 108 valence electrons. The van der Waals surface area contributed by atoms with E-state index in [0.29, 0.717) is 11.8 Å². The lowest BCUT2D eigenvalue weighted by atomic mass is 9.96. The van der Waals surface area contributed by atoms with Crippen molar-refractivity contribution in [1.82, 2.24) is 0 Å². The van der Waals surface area contributed by atoms with Gasteiger partial charge in [0.05, 0.1) is 6.61 Å². The van der Waals surface area contributed by atoms with Crippen LogP contribution in [0.3, 0.4) is 0 Å². The summed E-state index contributed by atoms with van der Waals surface area (Å²) >= 11 is 0. The minimum absolute atomic E-state index is 0.0448. The summed E-state index contributed by atoms with van der Waals surface area (Å²) in [5.41, 5.74) is 0.413. The van der Waals surface area contributed by atoms with Crippen LogP contribution in [0.25, 0.3) is 0 Å². The van der Waals surface area contributed by atoms with Crippen LogP contribution in [0.2, 0.25) is 0 Å². The standard InChI is InChI=1S/C15H28F2O/c1-4-18-12-14(10-11-14)8-6-5-7-9-15(16,17)13(2)3/h13H,4-12H2,1-3H3. The molecule has 18 heavy (non-hydrogen) atoms. The van der Waals surface area contributed by atoms with Crippen molar-refractivity contribution >= 4 is 0 Å². The average Bonchev–Trinajstić information content (AvgIpc) is 3.06. The lowest BCUT2D eigenvalue weighted by Gasteiger charge is -2.20. The molecular formula is C15H28F2O. The van der Waals surface area contributed by atoms with E-state index in [0.717, 1.165) is 32.5 Å². The van der Waals surface area contributed by atoms with Crippen molar-refractivity contribution < 1.29 is 13.5 Å². The fraction of sp³-hybridized carbons (Fsp3) is 1.00. The summed E-state index contributed by atoms with van der Waals surface area (Å²) in [6, 6.07) is 0. The quantitative estimate of drug-likeness (QED) is 0.501. The van der Waals surface area contributed by atoms with E-state index in [-0.39, 0.29) is 6.42 Å². The van der Waals surface area contributed by atoms with Gasteiger partial charge in [-0.25, -0.2) is 8.78 Å². The largest absolute Gasteiger partial charge is 0.381 e. The molecule has 0 saturated heterocycles. The highest BCUT2D eigenvalue weighted by Crippen LogP contribution is 2.50. The Balaban J connectivity index is 2.05. The summed E-state index contributed by atoms with van der Waals surface area (Å²) < 4.78 is 32.2. The third-order valence-corrected chi connectivity index (χ3v) is 4.13. The Hall–Kier alpha value is -0.180. The van der Waals surface area contributed by atoms with Crippen LogP contribution >= 0.6 is 0 Å². The van der Waals surface area contributed by atoms with E-state index in [1.165, 1.54) is 12.8 Å². The van der Waals surface area contributed by atoms with Crippen LogP contribution in [0.1, 0.15) is 65.7 Å². The molecule has 0 radical (unpaired) electrons. The number of hydrogen-bond acceptors (Lipinski definition) is 1. The van der Waals surface area contributed by atoms with Gasteiger partial charge in [0.1, 0.15) is 0 Å². The average molecular weight is 262 g/mol. The third-order valence-electron chi connectivity index (χ3n) is 4.13. The minimum atomic E-state index is -2.48. The van der Waals surface area contributed by atoms with Crippen LogP contribution < -0.4 is 0 Å². The molecule has 0 aromatic heterocycles. The Morgan fingerprint density at radius 3 is 2.33 bits per heavy atom. The SMILES string of the molecule is CCOCC1(CCCCCC(F)(F)C(C)C)CC1. The molecule has 0 heterocycles. The molecule has 0 atom stereocenters. The minimum Gasteiger partial charge on any atom is -0.381 e. The van der Waals surface area contributed by atoms with Gasteiger partial charge in [0, 0.05) is 18.9 Å². The Labute approximate surface area is 110 Å². The van der Waals surface area contributed by atoms with Crippen molar-refractivity contribution in [2.75, 3.05) is 13.2 Å². The molecule has 1 nitrogen and oxygen atoms in total. The maximum atomic E-state index is 13.4. The normalized spacial score (nSPS) is 18.3. The van der Waals surface area contributed by atoms with E-state index in [9.17, 15) is 8.78 Å². The first kappa shape index (κ1) is 15.9. The second kappa shape index (κ2) is 6.83. The summed E-state index contributed by atoms with van der Waals surface area (Å²) in [6.07, 6.45) is 6.36. The van der Waals surface area contributed by atoms with Crippen LogP contribution in [-0.4, -0.2) is 19.1 Å². The Morgan fingerprint density at radius 1 is 1.17 bits per heavy atom. The molecule has 0 aliphatic heterocycles. The molecule has 1 saturated carbocycles. The van der Waals surface area contributed by atoms with Gasteiger partial charge in [-0.15, -0.1) is 0 Å². The van der Waals surface area contributed by atoms with Gasteiger partial charge < -0.3 is 4.74 Å². The van der Waals surface area contributed by atoms with Gasteiger partial charge in [0.15, 0.2) is 0 Å². The van der Waals surface area contributed by atoms with Crippen molar-refractivity contribution in [1.29, 1.82) is 0 Å². The predicted octanol–water partition coefficient (Wildman–Crippen LogP) is 5.04. The van der Waals surface area contributed by atoms with E-state index in [4.69, 9.17) is 4.74 Å². The Kier molecular flexibility index (Phi) is 6.03. The van der Waals surface area contributed by atoms with Gasteiger partial charge in [-0.1, -0.05) is 26.7 Å². The fourth-order valence-electron chi connectivity index (χ4n) is 2.29. The highest BCUT2D eigenvalue weighted by Gasteiger charge is 2.41. The van der Waals surface area contributed by atoms with E-state index in [2.05, 4.69) is 0 Å². The van der Waals surface area contributed by atoms with Gasteiger partial charge in [0.2, 0.25) is 5.92 Å². The molecule has 1 rings (SSSR count). The van der Waals surface area contributed by atoms with E-state index in [1.54, 1.807) is 13.8 Å². The smallest absolute Gasteiger partial charge is 0.250 e. The van der Waals surface area contributed by atoms with Crippen molar-refractivity contribution in [2.24, 2.45) is 11.3 Å². The highest BCUT2D eigenvalue weighted by molar-refractivity contribution is 4.92. The first-order chi connectivity index (χ1) is 8.42. The summed E-state index contributed by atoms with van der Waals surface area (Å²) in [5.74, 6) is -3.02. The monoisotopic (exact) mass is 262 g/mol. The number of rotatable bonds is 10. The number of unbranched alkanes of at least 4 members (excludes halogenated alkanes) is 2. The molecule has 0 N–H and O–H groups in total.